The van der Waals surface area contributed by atoms with Gasteiger partial charge in [0.15, 0.2) is 11.5 Å². The highest BCUT2D eigenvalue weighted by Gasteiger charge is 2.37. The molecule has 1 atom stereocenters. The summed E-state index contributed by atoms with van der Waals surface area (Å²) in [4.78, 5) is 25.4. The topological polar surface area (TPSA) is 77.8 Å². The zero-order valence-electron chi connectivity index (χ0n) is 17.3. The molecule has 28 heavy (non-hydrogen) atoms. The zero-order chi connectivity index (χ0) is 20.6. The van der Waals surface area contributed by atoms with Gasteiger partial charge < -0.3 is 19.2 Å². The van der Waals surface area contributed by atoms with Crippen molar-refractivity contribution in [3.05, 3.63) is 46.4 Å². The molecule has 0 saturated carbocycles. The van der Waals surface area contributed by atoms with E-state index in [1.54, 1.807) is 33.3 Å². The number of amides is 1. The number of Topliss-reactive ketones (excluding diaryl/α,β-unsaturated/α-hetero) is 1. The maximum absolute atomic E-state index is 12.9. The van der Waals surface area contributed by atoms with Crippen LogP contribution >= 0.6 is 0 Å². The van der Waals surface area contributed by atoms with Gasteiger partial charge in [0.1, 0.15) is 17.3 Å². The van der Waals surface area contributed by atoms with Crippen molar-refractivity contribution in [3.8, 4) is 11.5 Å². The van der Waals surface area contributed by atoms with Gasteiger partial charge in [-0.05, 0) is 37.5 Å². The quantitative estimate of drug-likeness (QED) is 0.832. The number of carbonyl (C=O) groups is 2. The molecule has 2 aromatic rings. The number of carbonyl (C=O) groups excluding carboxylic acids is 2. The molecule has 1 N–H and O–H groups in total. The highest BCUT2D eigenvalue weighted by molar-refractivity contribution is 6.03. The van der Waals surface area contributed by atoms with Crippen LogP contribution in [0, 0.1) is 12.3 Å². The lowest BCUT2D eigenvalue weighted by atomic mass is 9.76. The fraction of sp³-hybridized carbons (Fsp3) is 0.455. The molecule has 0 saturated heterocycles. The molecule has 1 amide bonds. The zero-order valence-corrected chi connectivity index (χ0v) is 17.3. The van der Waals surface area contributed by atoms with Crippen LogP contribution in [0.15, 0.2) is 22.6 Å². The molecule has 1 aliphatic carbocycles. The number of furan rings is 1. The predicted octanol–water partition coefficient (Wildman–Crippen LogP) is 4.25. The van der Waals surface area contributed by atoms with E-state index in [0.29, 0.717) is 41.2 Å². The molecular weight excluding hydrogens is 358 g/mol. The van der Waals surface area contributed by atoms with Crippen LogP contribution in [0.25, 0.3) is 0 Å². The Bertz CT molecular complexity index is 925. The van der Waals surface area contributed by atoms with E-state index in [-0.39, 0.29) is 28.9 Å². The smallest absolute Gasteiger partial charge is 0.287 e. The van der Waals surface area contributed by atoms with Gasteiger partial charge in [0.25, 0.3) is 5.91 Å². The average Bonchev–Trinajstić information content (AvgIpc) is 2.96. The number of hydrogen-bond acceptors (Lipinski definition) is 5. The molecular formula is C22H27NO5. The number of benzene rings is 1. The Morgan fingerprint density at radius 1 is 1.21 bits per heavy atom. The molecule has 1 aromatic carbocycles. The van der Waals surface area contributed by atoms with Crippen LogP contribution in [0.1, 0.15) is 71.0 Å². The van der Waals surface area contributed by atoms with Crippen molar-refractivity contribution in [2.75, 3.05) is 14.2 Å². The average molecular weight is 385 g/mol. The SMILES string of the molecule is COc1ccc(OC)c([C@H](C)NC(=O)c2oc3c(c2C)C(=O)CC(C)(C)C3)c1. The van der Waals surface area contributed by atoms with Crippen LogP contribution in [0.5, 0.6) is 11.5 Å². The highest BCUT2D eigenvalue weighted by atomic mass is 16.5. The van der Waals surface area contributed by atoms with Gasteiger partial charge in [-0.3, -0.25) is 9.59 Å². The molecule has 6 nitrogen and oxygen atoms in total. The number of ketones is 1. The van der Waals surface area contributed by atoms with E-state index in [0.717, 1.165) is 5.56 Å². The first-order chi connectivity index (χ1) is 13.2. The van der Waals surface area contributed by atoms with Crippen LogP contribution in [0.3, 0.4) is 0 Å². The number of nitrogens with one attached hydrogen (secondary N) is 1. The number of methoxy groups -OCH3 is 2. The predicted molar refractivity (Wildman–Crippen MR) is 105 cm³/mol. The Morgan fingerprint density at radius 3 is 2.57 bits per heavy atom. The van der Waals surface area contributed by atoms with Crippen molar-refractivity contribution < 1.29 is 23.5 Å². The van der Waals surface area contributed by atoms with Crippen LogP contribution in [0.2, 0.25) is 0 Å². The number of hydrogen-bond donors (Lipinski definition) is 1. The fourth-order valence-electron chi connectivity index (χ4n) is 3.82. The van der Waals surface area contributed by atoms with E-state index in [1.165, 1.54) is 0 Å². The third kappa shape index (κ3) is 3.63. The van der Waals surface area contributed by atoms with Crippen molar-refractivity contribution in [3.63, 3.8) is 0 Å². The lowest BCUT2D eigenvalue weighted by Crippen LogP contribution is -2.27. The summed E-state index contributed by atoms with van der Waals surface area (Å²) in [6.07, 6.45) is 1.10. The second-order valence-electron chi connectivity index (χ2n) is 8.10. The van der Waals surface area contributed by atoms with Gasteiger partial charge in [-0.1, -0.05) is 13.8 Å². The van der Waals surface area contributed by atoms with Crippen LogP contribution in [-0.2, 0) is 6.42 Å². The molecule has 0 fully saturated rings. The summed E-state index contributed by atoms with van der Waals surface area (Å²) in [5.74, 6) is 1.82. The monoisotopic (exact) mass is 385 g/mol. The maximum atomic E-state index is 12.9. The summed E-state index contributed by atoms with van der Waals surface area (Å²) in [5.41, 5.74) is 1.80. The molecule has 0 aliphatic heterocycles. The first-order valence-electron chi connectivity index (χ1n) is 9.35. The Kier molecular flexibility index (Phi) is 5.24. The molecule has 1 aliphatic rings. The summed E-state index contributed by atoms with van der Waals surface area (Å²) < 4.78 is 16.5. The second kappa shape index (κ2) is 7.34. The number of rotatable bonds is 5. The summed E-state index contributed by atoms with van der Waals surface area (Å²) in [6, 6.07) is 5.09. The van der Waals surface area contributed by atoms with E-state index in [4.69, 9.17) is 13.9 Å². The minimum absolute atomic E-state index is 0.0362. The van der Waals surface area contributed by atoms with Gasteiger partial charge in [-0.25, -0.2) is 0 Å². The summed E-state index contributed by atoms with van der Waals surface area (Å²) in [7, 11) is 3.17. The van der Waals surface area contributed by atoms with Gasteiger partial charge in [0.2, 0.25) is 0 Å². The van der Waals surface area contributed by atoms with E-state index in [2.05, 4.69) is 5.32 Å². The first kappa shape index (κ1) is 20.0. The van der Waals surface area contributed by atoms with E-state index in [9.17, 15) is 9.59 Å². The maximum Gasteiger partial charge on any atom is 0.287 e. The van der Waals surface area contributed by atoms with Crippen LogP contribution in [-0.4, -0.2) is 25.9 Å². The van der Waals surface area contributed by atoms with Crippen molar-refractivity contribution in [2.45, 2.75) is 46.6 Å². The van der Waals surface area contributed by atoms with Crippen molar-refractivity contribution >= 4 is 11.7 Å². The molecule has 0 spiro atoms. The van der Waals surface area contributed by atoms with E-state index >= 15 is 0 Å². The molecule has 0 unspecified atom stereocenters. The normalized spacial score (nSPS) is 16.3. The highest BCUT2D eigenvalue weighted by Crippen LogP contribution is 2.38. The minimum atomic E-state index is -0.352. The molecule has 150 valence electrons. The third-order valence-electron chi connectivity index (χ3n) is 5.23. The Balaban J connectivity index is 1.88. The van der Waals surface area contributed by atoms with Crippen molar-refractivity contribution in [1.29, 1.82) is 0 Å². The van der Waals surface area contributed by atoms with E-state index < -0.39 is 0 Å². The van der Waals surface area contributed by atoms with Crippen LogP contribution in [0.4, 0.5) is 0 Å². The lowest BCUT2D eigenvalue weighted by Gasteiger charge is -2.27. The Labute approximate surface area is 165 Å². The van der Waals surface area contributed by atoms with Gasteiger partial charge in [0, 0.05) is 24.0 Å². The molecule has 6 heteroatoms. The molecule has 0 bridgehead atoms. The number of ether oxygens (including phenoxy) is 2. The minimum Gasteiger partial charge on any atom is -0.497 e. The van der Waals surface area contributed by atoms with Gasteiger partial charge in [-0.15, -0.1) is 0 Å². The second-order valence-corrected chi connectivity index (χ2v) is 8.10. The lowest BCUT2D eigenvalue weighted by molar-refractivity contribution is 0.0883. The summed E-state index contributed by atoms with van der Waals surface area (Å²) in [5, 5.41) is 2.94. The molecule has 1 aromatic heterocycles. The summed E-state index contributed by atoms with van der Waals surface area (Å²) >= 11 is 0. The molecule has 1 heterocycles. The van der Waals surface area contributed by atoms with E-state index in [1.807, 2.05) is 26.8 Å². The summed E-state index contributed by atoms with van der Waals surface area (Å²) in [6.45, 7) is 7.69. The van der Waals surface area contributed by atoms with Gasteiger partial charge in [0.05, 0.1) is 25.8 Å². The van der Waals surface area contributed by atoms with Gasteiger partial charge in [-0.2, -0.15) is 0 Å². The van der Waals surface area contributed by atoms with Gasteiger partial charge >= 0.3 is 0 Å². The third-order valence-corrected chi connectivity index (χ3v) is 5.23. The molecule has 0 radical (unpaired) electrons. The molecule has 3 rings (SSSR count). The number of fused-ring (bicyclic) bond motifs is 1. The van der Waals surface area contributed by atoms with Crippen molar-refractivity contribution in [2.24, 2.45) is 5.41 Å². The Hall–Kier alpha value is -2.76. The standard InChI is InChI=1S/C22H27NO5/c1-12-19-16(24)10-22(3,4)11-18(19)28-20(12)21(25)23-13(2)15-9-14(26-5)7-8-17(15)27-6/h7-9,13H,10-11H2,1-6H3,(H,23,25)/t13-/m0/s1. The largest absolute Gasteiger partial charge is 0.497 e. The van der Waals surface area contributed by atoms with Crippen LogP contribution < -0.4 is 14.8 Å². The van der Waals surface area contributed by atoms with Crippen molar-refractivity contribution in [1.82, 2.24) is 5.32 Å². The Morgan fingerprint density at radius 2 is 1.93 bits per heavy atom. The first-order valence-corrected chi connectivity index (χ1v) is 9.35. The fourth-order valence-corrected chi connectivity index (χ4v) is 3.82.